The van der Waals surface area contributed by atoms with Gasteiger partial charge in [0.2, 0.25) is 11.8 Å². The van der Waals surface area contributed by atoms with E-state index < -0.39 is 23.8 Å². The molecule has 5 rings (SSSR count). The van der Waals surface area contributed by atoms with E-state index in [1.54, 1.807) is 12.1 Å². The van der Waals surface area contributed by atoms with E-state index in [0.29, 0.717) is 22.5 Å². The number of rotatable bonds is 4. The fraction of sp³-hybridized carbons (Fsp3) is 0.593. The maximum absolute atomic E-state index is 13.1. The lowest BCUT2D eigenvalue weighted by Gasteiger charge is -2.48. The van der Waals surface area contributed by atoms with Gasteiger partial charge in [-0.1, -0.05) is 13.8 Å². The van der Waals surface area contributed by atoms with E-state index in [9.17, 15) is 24.0 Å². The van der Waals surface area contributed by atoms with Crippen LogP contribution in [0, 0.1) is 16.7 Å². The lowest BCUT2D eigenvalue weighted by atomic mass is 9.61. The molecule has 1 atom stereocenters. The van der Waals surface area contributed by atoms with Crippen molar-refractivity contribution in [3.05, 3.63) is 29.3 Å². The molecule has 0 bridgehead atoms. The number of anilines is 1. The van der Waals surface area contributed by atoms with Gasteiger partial charge in [-0.3, -0.25) is 29.4 Å². The van der Waals surface area contributed by atoms with Crippen molar-refractivity contribution in [3.8, 4) is 0 Å². The number of imide groups is 2. The number of fused-ring (bicyclic) bond motifs is 1. The van der Waals surface area contributed by atoms with Gasteiger partial charge in [0.25, 0.3) is 11.8 Å². The Morgan fingerprint density at radius 1 is 0.943 bits per heavy atom. The van der Waals surface area contributed by atoms with Crippen LogP contribution in [0.25, 0.3) is 0 Å². The van der Waals surface area contributed by atoms with E-state index in [-0.39, 0.29) is 24.2 Å². The lowest BCUT2D eigenvalue weighted by Crippen LogP contribution is -2.54. The number of benzene rings is 1. The van der Waals surface area contributed by atoms with Crippen LogP contribution in [-0.2, 0) is 14.4 Å². The van der Waals surface area contributed by atoms with Crippen LogP contribution in [0.15, 0.2) is 18.2 Å². The number of hydrogen-bond acceptors (Lipinski definition) is 6. The van der Waals surface area contributed by atoms with Gasteiger partial charge >= 0.3 is 0 Å². The third-order valence-electron chi connectivity index (χ3n) is 9.01. The molecule has 1 spiro atoms. The zero-order chi connectivity index (χ0) is 25.0. The van der Waals surface area contributed by atoms with E-state index in [2.05, 4.69) is 10.2 Å². The van der Waals surface area contributed by atoms with Crippen LogP contribution < -0.4 is 10.2 Å². The molecule has 4 amide bonds. The largest absolute Gasteiger partial charge is 0.371 e. The molecule has 0 radical (unpaired) electrons. The number of amides is 4. The molecule has 2 saturated heterocycles. The van der Waals surface area contributed by atoms with Crippen molar-refractivity contribution in [1.29, 1.82) is 0 Å². The lowest BCUT2D eigenvalue weighted by molar-refractivity contribution is -0.136. The Kier molecular flexibility index (Phi) is 5.80. The summed E-state index contributed by atoms with van der Waals surface area (Å²) in [6.07, 6.45) is 8.03. The highest BCUT2D eigenvalue weighted by atomic mass is 16.2. The fourth-order valence-electron chi connectivity index (χ4n) is 6.47. The second-order valence-electron chi connectivity index (χ2n) is 11.4. The summed E-state index contributed by atoms with van der Waals surface area (Å²) in [6, 6.07) is 4.41. The summed E-state index contributed by atoms with van der Waals surface area (Å²) >= 11 is 0. The van der Waals surface area contributed by atoms with Gasteiger partial charge in [0.15, 0.2) is 0 Å². The van der Waals surface area contributed by atoms with E-state index in [0.717, 1.165) is 68.5 Å². The Morgan fingerprint density at radius 3 is 2.23 bits per heavy atom. The molecule has 1 unspecified atom stereocenters. The van der Waals surface area contributed by atoms with Crippen LogP contribution in [0.5, 0.6) is 0 Å². The molecule has 0 aromatic heterocycles. The Morgan fingerprint density at radius 2 is 1.60 bits per heavy atom. The summed E-state index contributed by atoms with van der Waals surface area (Å²) in [5.41, 5.74) is 1.64. The first-order valence-corrected chi connectivity index (χ1v) is 12.7. The number of piperidine rings is 2. The number of nitrogens with one attached hydrogen (secondary N) is 1. The summed E-state index contributed by atoms with van der Waals surface area (Å²) < 4.78 is 0. The van der Waals surface area contributed by atoms with Crippen molar-refractivity contribution in [3.63, 3.8) is 0 Å². The van der Waals surface area contributed by atoms with Crippen LogP contribution in [0.1, 0.15) is 85.9 Å². The second kappa shape index (κ2) is 8.57. The van der Waals surface area contributed by atoms with Gasteiger partial charge in [0.1, 0.15) is 12.3 Å². The third kappa shape index (κ3) is 4.06. The average molecular weight is 480 g/mol. The molecule has 8 heteroatoms. The van der Waals surface area contributed by atoms with Gasteiger partial charge in [0.05, 0.1) is 11.1 Å². The standard InChI is InChI=1S/C27H33N3O5/c1-26(2,16-31)17-7-9-27(10-8-17)11-13-29(14-12-27)18-3-4-19-20(15-18)25(35)30(24(19)34)21-5-6-22(32)28-23(21)33/h3-4,15-17,21H,5-14H2,1-2H3,(H,28,32,33). The molecule has 8 nitrogen and oxygen atoms in total. The molecular weight excluding hydrogens is 446 g/mol. The smallest absolute Gasteiger partial charge is 0.262 e. The summed E-state index contributed by atoms with van der Waals surface area (Å²) in [5.74, 6) is -1.46. The van der Waals surface area contributed by atoms with Crippen LogP contribution in [0.2, 0.25) is 0 Å². The number of nitrogens with zero attached hydrogens (tertiary/aromatic N) is 2. The van der Waals surface area contributed by atoms with Gasteiger partial charge < -0.3 is 9.69 Å². The van der Waals surface area contributed by atoms with Crippen LogP contribution in [0.3, 0.4) is 0 Å². The van der Waals surface area contributed by atoms with Gasteiger partial charge in [0, 0.05) is 30.6 Å². The minimum atomic E-state index is -0.947. The highest BCUT2D eigenvalue weighted by Crippen LogP contribution is 2.50. The summed E-state index contributed by atoms with van der Waals surface area (Å²) in [7, 11) is 0. The molecule has 186 valence electrons. The Bertz CT molecular complexity index is 1090. The molecule has 35 heavy (non-hydrogen) atoms. The molecule has 3 fully saturated rings. The predicted molar refractivity (Wildman–Crippen MR) is 129 cm³/mol. The van der Waals surface area contributed by atoms with Crippen molar-refractivity contribution < 1.29 is 24.0 Å². The minimum Gasteiger partial charge on any atom is -0.371 e. The third-order valence-corrected chi connectivity index (χ3v) is 9.01. The highest BCUT2D eigenvalue weighted by molar-refractivity contribution is 6.23. The first-order valence-electron chi connectivity index (χ1n) is 12.7. The van der Waals surface area contributed by atoms with Crippen molar-refractivity contribution in [2.24, 2.45) is 16.7 Å². The highest BCUT2D eigenvalue weighted by Gasteiger charge is 2.45. The number of carbonyl (C=O) groups excluding carboxylic acids is 5. The first-order chi connectivity index (χ1) is 16.6. The monoisotopic (exact) mass is 479 g/mol. The molecule has 1 saturated carbocycles. The van der Waals surface area contributed by atoms with Crippen LogP contribution in [0.4, 0.5) is 5.69 Å². The molecule has 4 aliphatic rings. The van der Waals surface area contributed by atoms with Crippen molar-refractivity contribution in [2.45, 2.75) is 71.3 Å². The minimum absolute atomic E-state index is 0.109. The molecule has 3 aliphatic heterocycles. The predicted octanol–water partition coefficient (Wildman–Crippen LogP) is 3.09. The van der Waals surface area contributed by atoms with Crippen LogP contribution >= 0.6 is 0 Å². The summed E-state index contributed by atoms with van der Waals surface area (Å²) in [6.45, 7) is 5.87. The number of hydrogen-bond donors (Lipinski definition) is 1. The van der Waals surface area contributed by atoms with Gasteiger partial charge in [-0.15, -0.1) is 0 Å². The summed E-state index contributed by atoms with van der Waals surface area (Å²) in [5, 5.41) is 2.23. The van der Waals surface area contributed by atoms with Crippen molar-refractivity contribution in [1.82, 2.24) is 10.2 Å². The zero-order valence-corrected chi connectivity index (χ0v) is 20.5. The fourth-order valence-corrected chi connectivity index (χ4v) is 6.47. The van der Waals surface area contributed by atoms with Gasteiger partial charge in [-0.2, -0.15) is 0 Å². The second-order valence-corrected chi connectivity index (χ2v) is 11.4. The van der Waals surface area contributed by atoms with Crippen molar-refractivity contribution in [2.75, 3.05) is 18.0 Å². The Hall–Kier alpha value is -3.03. The van der Waals surface area contributed by atoms with E-state index >= 15 is 0 Å². The molecule has 1 aromatic rings. The molecule has 1 aliphatic carbocycles. The normalized spacial score (nSPS) is 25.1. The van der Waals surface area contributed by atoms with Gasteiger partial charge in [-0.05, 0) is 74.5 Å². The maximum atomic E-state index is 13.1. The zero-order valence-electron chi connectivity index (χ0n) is 20.5. The van der Waals surface area contributed by atoms with Gasteiger partial charge in [-0.25, -0.2) is 0 Å². The quantitative estimate of drug-likeness (QED) is 0.526. The van der Waals surface area contributed by atoms with Crippen LogP contribution in [-0.4, -0.2) is 53.9 Å². The Balaban J connectivity index is 1.26. The molecule has 1 N–H and O–H groups in total. The van der Waals surface area contributed by atoms with Crippen molar-refractivity contribution >= 4 is 35.6 Å². The Labute approximate surface area is 205 Å². The molecular formula is C27H33N3O5. The summed E-state index contributed by atoms with van der Waals surface area (Å²) in [4.78, 5) is 64.6. The maximum Gasteiger partial charge on any atom is 0.262 e. The molecule has 3 heterocycles. The number of aldehydes is 1. The topological polar surface area (TPSA) is 104 Å². The molecule has 1 aromatic carbocycles. The van der Waals surface area contributed by atoms with E-state index in [4.69, 9.17) is 0 Å². The van der Waals surface area contributed by atoms with E-state index in [1.165, 1.54) is 0 Å². The van der Waals surface area contributed by atoms with E-state index in [1.807, 2.05) is 19.9 Å². The average Bonchev–Trinajstić information content (AvgIpc) is 3.09. The first kappa shape index (κ1) is 23.7. The SMILES string of the molecule is CC(C)(C=O)C1CCC2(CC1)CCN(c1ccc3c(c1)C(=O)N(C1CCC(=O)NC1=O)C3=O)CC2. The number of carbonyl (C=O) groups is 5.